The average Bonchev–Trinajstić information content (AvgIpc) is 2.90. The zero-order chi connectivity index (χ0) is 24.2. The van der Waals surface area contributed by atoms with Crippen LogP contribution in [0, 0.1) is 17.7 Å². The van der Waals surface area contributed by atoms with Crippen LogP contribution in [0.5, 0.6) is 5.75 Å². The van der Waals surface area contributed by atoms with Crippen molar-refractivity contribution in [3.8, 4) is 50.3 Å². The van der Waals surface area contributed by atoms with E-state index in [1.165, 1.54) is 24.3 Å². The molecule has 1 nitrogen and oxygen atoms in total. The molecule has 0 heterocycles. The molecule has 0 spiro atoms. The molecular weight excluding hydrogens is 438 g/mol. The summed E-state index contributed by atoms with van der Waals surface area (Å²) >= 11 is 0. The molecule has 5 aromatic rings. The van der Waals surface area contributed by atoms with Crippen molar-refractivity contribution < 1.29 is 13.5 Å². The van der Waals surface area contributed by atoms with Crippen molar-refractivity contribution in [2.24, 2.45) is 0 Å². The monoisotopic (exact) mass is 461 g/mol. The Labute approximate surface area is 204 Å². The van der Waals surface area contributed by atoms with E-state index in [0.717, 1.165) is 50.3 Å². The molecule has 0 aliphatic rings. The molecule has 0 saturated heterocycles. The second-order valence-corrected chi connectivity index (χ2v) is 8.16. The lowest BCUT2D eigenvalue weighted by Gasteiger charge is -2.20. The van der Waals surface area contributed by atoms with Gasteiger partial charge in [0.1, 0.15) is 17.4 Å². The maximum absolute atomic E-state index is 13.8. The van der Waals surface area contributed by atoms with Crippen molar-refractivity contribution in [2.45, 2.75) is 6.92 Å². The van der Waals surface area contributed by atoms with Gasteiger partial charge in [-0.15, -0.1) is 0 Å². The fourth-order valence-corrected chi connectivity index (χ4v) is 4.33. The first-order chi connectivity index (χ1) is 17.1. The van der Waals surface area contributed by atoms with Crippen LogP contribution in [0.25, 0.3) is 44.5 Å². The molecule has 0 unspecified atom stereocenters. The molecule has 3 heteroatoms. The van der Waals surface area contributed by atoms with Gasteiger partial charge in [0, 0.05) is 0 Å². The zero-order valence-electron chi connectivity index (χ0n) is 19.3. The predicted molar refractivity (Wildman–Crippen MR) is 138 cm³/mol. The van der Waals surface area contributed by atoms with Crippen LogP contribution in [0.1, 0.15) is 6.92 Å². The van der Waals surface area contributed by atoms with E-state index in [1.54, 1.807) is 24.3 Å². The lowest BCUT2D eigenvalue weighted by atomic mass is 9.83. The first kappa shape index (κ1) is 22.5. The van der Waals surface area contributed by atoms with Crippen LogP contribution >= 0.6 is 0 Å². The Morgan fingerprint density at radius 1 is 0.600 bits per heavy atom. The maximum atomic E-state index is 13.8. The Morgan fingerprint density at radius 3 is 1.74 bits per heavy atom. The summed E-state index contributed by atoms with van der Waals surface area (Å²) in [5.74, 6) is 0.218. The van der Waals surface area contributed by atoms with E-state index < -0.39 is 0 Å². The van der Waals surface area contributed by atoms with Crippen LogP contribution in [-0.4, -0.2) is 6.61 Å². The molecule has 0 fully saturated rings. The fourth-order valence-electron chi connectivity index (χ4n) is 4.33. The molecule has 5 rings (SSSR count). The minimum atomic E-state index is -0.289. The summed E-state index contributed by atoms with van der Waals surface area (Å²) in [6.07, 6.45) is 0. The van der Waals surface area contributed by atoms with Gasteiger partial charge in [-0.05, 0) is 100.0 Å². The summed E-state index contributed by atoms with van der Waals surface area (Å²) in [5.41, 5.74) is 7.51. The van der Waals surface area contributed by atoms with Crippen LogP contribution in [0.4, 0.5) is 8.78 Å². The summed E-state index contributed by atoms with van der Waals surface area (Å²) in [6, 6.07) is 36.4. The van der Waals surface area contributed by atoms with Crippen LogP contribution in [-0.2, 0) is 0 Å². The number of hydrogen-bond donors (Lipinski definition) is 0. The normalized spacial score (nSPS) is 10.8. The summed E-state index contributed by atoms with van der Waals surface area (Å²) in [5, 5.41) is 0. The van der Waals surface area contributed by atoms with Crippen molar-refractivity contribution >= 4 is 0 Å². The Bertz CT molecular complexity index is 1420. The smallest absolute Gasteiger partial charge is 0.123 e. The highest BCUT2D eigenvalue weighted by atomic mass is 19.1. The van der Waals surface area contributed by atoms with E-state index in [2.05, 4.69) is 18.2 Å². The van der Waals surface area contributed by atoms with Gasteiger partial charge in [-0.2, -0.15) is 0 Å². The van der Waals surface area contributed by atoms with Crippen LogP contribution in [0.15, 0.2) is 109 Å². The molecule has 0 aliphatic carbocycles. The summed E-state index contributed by atoms with van der Waals surface area (Å²) in [6.45, 7) is 2.54. The second-order valence-electron chi connectivity index (χ2n) is 8.16. The molecule has 0 aromatic heterocycles. The molecule has 0 amide bonds. The van der Waals surface area contributed by atoms with Gasteiger partial charge in [-0.3, -0.25) is 0 Å². The fraction of sp³-hybridized carbons (Fsp3) is 0.0625. The highest BCUT2D eigenvalue weighted by Crippen LogP contribution is 2.45. The highest BCUT2D eigenvalue weighted by molar-refractivity contribution is 6.01. The largest absolute Gasteiger partial charge is 0.494 e. The first-order valence-corrected chi connectivity index (χ1v) is 11.5. The predicted octanol–water partition coefficient (Wildman–Crippen LogP) is 8.83. The van der Waals surface area contributed by atoms with Gasteiger partial charge in [0.05, 0.1) is 6.61 Å². The van der Waals surface area contributed by atoms with Gasteiger partial charge in [-0.1, -0.05) is 66.7 Å². The van der Waals surface area contributed by atoms with E-state index in [1.807, 2.05) is 55.5 Å². The average molecular weight is 462 g/mol. The van der Waals surface area contributed by atoms with E-state index in [4.69, 9.17) is 4.74 Å². The Balaban J connectivity index is 1.84. The third-order valence-corrected chi connectivity index (χ3v) is 5.93. The lowest BCUT2D eigenvalue weighted by Crippen LogP contribution is -1.96. The second kappa shape index (κ2) is 9.94. The minimum absolute atomic E-state index is 0.284. The topological polar surface area (TPSA) is 9.23 Å². The molecule has 5 aromatic carbocycles. The summed E-state index contributed by atoms with van der Waals surface area (Å²) in [7, 11) is 0. The van der Waals surface area contributed by atoms with Crippen molar-refractivity contribution in [1.29, 1.82) is 0 Å². The van der Waals surface area contributed by atoms with Crippen molar-refractivity contribution in [2.75, 3.05) is 6.61 Å². The Hall–Kier alpha value is -4.24. The minimum Gasteiger partial charge on any atom is -0.494 e. The molecule has 0 atom stereocenters. The zero-order valence-corrected chi connectivity index (χ0v) is 19.3. The Morgan fingerprint density at radius 2 is 1.14 bits per heavy atom. The molecule has 0 N–H and O–H groups in total. The van der Waals surface area contributed by atoms with Gasteiger partial charge in [0.25, 0.3) is 0 Å². The van der Waals surface area contributed by atoms with Crippen molar-refractivity contribution in [1.82, 2.24) is 0 Å². The van der Waals surface area contributed by atoms with Gasteiger partial charge in [0.2, 0.25) is 0 Å². The molecule has 0 bridgehead atoms. The third-order valence-electron chi connectivity index (χ3n) is 5.93. The van der Waals surface area contributed by atoms with E-state index >= 15 is 0 Å². The van der Waals surface area contributed by atoms with Gasteiger partial charge in [0.15, 0.2) is 0 Å². The van der Waals surface area contributed by atoms with Crippen LogP contribution in [0.3, 0.4) is 0 Å². The molecule has 0 aliphatic heterocycles. The molecule has 35 heavy (non-hydrogen) atoms. The Kier molecular flexibility index (Phi) is 6.40. The van der Waals surface area contributed by atoms with E-state index in [0.29, 0.717) is 6.61 Å². The third kappa shape index (κ3) is 4.71. The SMILES string of the molecule is CCOc1ccc(-c2c(-c3ccc(F)cc3)[c]cc(-c3ccc(F)cc3)c2-c2ccccc2)cc1. The number of ether oxygens (including phenoxy) is 1. The molecule has 0 saturated carbocycles. The lowest BCUT2D eigenvalue weighted by molar-refractivity contribution is 0.340. The number of halogens is 2. The molecule has 171 valence electrons. The van der Waals surface area contributed by atoms with Gasteiger partial charge in [-0.25, -0.2) is 8.78 Å². The summed E-state index contributed by atoms with van der Waals surface area (Å²) in [4.78, 5) is 0. The highest BCUT2D eigenvalue weighted by Gasteiger charge is 2.19. The van der Waals surface area contributed by atoms with Crippen LogP contribution in [0.2, 0.25) is 0 Å². The number of hydrogen-bond acceptors (Lipinski definition) is 1. The van der Waals surface area contributed by atoms with Gasteiger partial charge < -0.3 is 4.74 Å². The first-order valence-electron chi connectivity index (χ1n) is 11.5. The summed E-state index contributed by atoms with van der Waals surface area (Å²) < 4.78 is 33.1. The van der Waals surface area contributed by atoms with E-state index in [-0.39, 0.29) is 11.6 Å². The van der Waals surface area contributed by atoms with E-state index in [9.17, 15) is 8.78 Å². The quantitative estimate of drug-likeness (QED) is 0.245. The van der Waals surface area contributed by atoms with Crippen molar-refractivity contribution in [3.63, 3.8) is 0 Å². The molecular formula is C32H23F2O. The number of benzene rings is 5. The van der Waals surface area contributed by atoms with Gasteiger partial charge >= 0.3 is 0 Å². The number of rotatable bonds is 6. The van der Waals surface area contributed by atoms with Crippen molar-refractivity contribution in [3.05, 3.63) is 127 Å². The standard InChI is InChI=1S/C32H23F2O/c1-2-35-28-18-12-25(13-19-28)32-30(23-10-16-27(34)17-11-23)21-20-29(22-8-14-26(33)15-9-22)31(32)24-6-4-3-5-7-24/h3-20H,2H2,1H3. The molecule has 1 radical (unpaired) electrons. The maximum Gasteiger partial charge on any atom is 0.123 e. The van der Waals surface area contributed by atoms with Crippen LogP contribution < -0.4 is 4.74 Å².